The van der Waals surface area contributed by atoms with Crippen molar-refractivity contribution >= 4 is 27.4 Å². The molecule has 0 saturated carbocycles. The summed E-state index contributed by atoms with van der Waals surface area (Å²) in [6.45, 7) is 2.09. The van der Waals surface area contributed by atoms with Crippen molar-refractivity contribution < 1.29 is 14.5 Å². The van der Waals surface area contributed by atoms with Crippen molar-refractivity contribution in [1.82, 2.24) is 0 Å². The minimum atomic E-state index is -0.512. The van der Waals surface area contributed by atoms with Crippen LogP contribution in [0.3, 0.4) is 0 Å². The lowest BCUT2D eigenvalue weighted by atomic mass is 10.1. The lowest BCUT2D eigenvalue weighted by molar-refractivity contribution is -0.386. The first-order valence-electron chi connectivity index (χ1n) is 5.06. The Bertz CT molecular complexity index is 433. The highest BCUT2D eigenvalue weighted by atomic mass is 79.9. The Labute approximate surface area is 107 Å². The normalized spacial score (nSPS) is 10.0. The smallest absolute Gasteiger partial charge is 0.314 e. The molecular weight excluding hydrogens is 290 g/mol. The molecule has 5 nitrogen and oxygen atoms in total. The first-order valence-corrected chi connectivity index (χ1v) is 6.19. The zero-order valence-corrected chi connectivity index (χ0v) is 10.9. The molecule has 0 amide bonds. The third-order valence-corrected chi connectivity index (χ3v) is 2.73. The minimum absolute atomic E-state index is 0.0302. The number of ether oxygens (including phenoxy) is 1. The van der Waals surface area contributed by atoms with Crippen LogP contribution in [0.2, 0.25) is 0 Å². The molecule has 1 aromatic carbocycles. The second-order valence-corrected chi connectivity index (χ2v) is 3.86. The SMILES string of the molecule is CCOc1cccc(CC(=O)CBr)c1[N+](=O)[O-]. The Morgan fingerprint density at radius 2 is 2.24 bits per heavy atom. The van der Waals surface area contributed by atoms with E-state index in [4.69, 9.17) is 4.74 Å². The third kappa shape index (κ3) is 3.52. The van der Waals surface area contributed by atoms with Crippen LogP contribution in [0.15, 0.2) is 18.2 Å². The van der Waals surface area contributed by atoms with E-state index in [0.29, 0.717) is 12.2 Å². The predicted molar refractivity (Wildman–Crippen MR) is 66.8 cm³/mol. The summed E-state index contributed by atoms with van der Waals surface area (Å²) in [5.74, 6) is 0.0964. The summed E-state index contributed by atoms with van der Waals surface area (Å²) in [7, 11) is 0. The summed E-state index contributed by atoms with van der Waals surface area (Å²) in [6.07, 6.45) is 0.0302. The van der Waals surface area contributed by atoms with E-state index in [0.717, 1.165) is 0 Å². The van der Waals surface area contributed by atoms with Crippen molar-refractivity contribution in [2.75, 3.05) is 11.9 Å². The number of para-hydroxylation sites is 1. The van der Waals surface area contributed by atoms with Gasteiger partial charge in [-0.05, 0) is 13.0 Å². The number of halogens is 1. The number of hydrogen-bond donors (Lipinski definition) is 0. The Morgan fingerprint density at radius 3 is 2.76 bits per heavy atom. The Morgan fingerprint density at radius 1 is 1.53 bits per heavy atom. The standard InChI is InChI=1S/C11H12BrNO4/c1-2-17-10-5-3-4-8(6-9(14)7-12)11(10)13(15)16/h3-5H,2,6-7H2,1H3. The molecule has 0 unspecified atom stereocenters. The topological polar surface area (TPSA) is 69.4 Å². The van der Waals surface area contributed by atoms with Crippen molar-refractivity contribution in [2.24, 2.45) is 0 Å². The summed E-state index contributed by atoms with van der Waals surface area (Å²) < 4.78 is 5.19. The number of nitro benzene ring substituents is 1. The lowest BCUT2D eigenvalue weighted by Crippen LogP contribution is -2.07. The van der Waals surface area contributed by atoms with Crippen molar-refractivity contribution in [1.29, 1.82) is 0 Å². The molecule has 0 atom stereocenters. The van der Waals surface area contributed by atoms with E-state index in [9.17, 15) is 14.9 Å². The van der Waals surface area contributed by atoms with Gasteiger partial charge in [-0.3, -0.25) is 14.9 Å². The highest BCUT2D eigenvalue weighted by Crippen LogP contribution is 2.31. The fourth-order valence-corrected chi connectivity index (χ4v) is 1.65. The molecule has 0 radical (unpaired) electrons. The van der Waals surface area contributed by atoms with Gasteiger partial charge in [0.05, 0.1) is 16.9 Å². The average Bonchev–Trinajstić information content (AvgIpc) is 2.29. The minimum Gasteiger partial charge on any atom is -0.487 e. The molecule has 1 rings (SSSR count). The molecule has 0 fully saturated rings. The number of carbonyl (C=O) groups is 1. The zero-order valence-electron chi connectivity index (χ0n) is 9.31. The fraction of sp³-hybridized carbons (Fsp3) is 0.364. The zero-order chi connectivity index (χ0) is 12.8. The van der Waals surface area contributed by atoms with Gasteiger partial charge in [0.2, 0.25) is 0 Å². The molecule has 0 N–H and O–H groups in total. The molecular formula is C11H12BrNO4. The largest absolute Gasteiger partial charge is 0.487 e. The van der Waals surface area contributed by atoms with E-state index in [1.54, 1.807) is 19.1 Å². The van der Waals surface area contributed by atoms with Crippen molar-refractivity contribution in [3.63, 3.8) is 0 Å². The number of nitro groups is 1. The maximum absolute atomic E-state index is 11.3. The number of benzene rings is 1. The van der Waals surface area contributed by atoms with Gasteiger partial charge < -0.3 is 4.74 Å². The number of nitrogens with zero attached hydrogens (tertiary/aromatic N) is 1. The summed E-state index contributed by atoms with van der Waals surface area (Å²) >= 11 is 3.03. The molecule has 0 heterocycles. The molecule has 0 bridgehead atoms. The van der Waals surface area contributed by atoms with Gasteiger partial charge in [0.25, 0.3) is 0 Å². The highest BCUT2D eigenvalue weighted by Gasteiger charge is 2.21. The number of alkyl halides is 1. The van der Waals surface area contributed by atoms with Gasteiger partial charge >= 0.3 is 5.69 Å². The maximum atomic E-state index is 11.3. The quantitative estimate of drug-likeness (QED) is 0.460. The Hall–Kier alpha value is -1.43. The number of carbonyl (C=O) groups excluding carboxylic acids is 1. The van der Waals surface area contributed by atoms with Gasteiger partial charge in [0.15, 0.2) is 5.75 Å². The second kappa shape index (κ2) is 6.34. The van der Waals surface area contributed by atoms with Crippen LogP contribution < -0.4 is 4.74 Å². The van der Waals surface area contributed by atoms with Crippen LogP contribution in [0.1, 0.15) is 12.5 Å². The molecule has 0 aromatic heterocycles. The van der Waals surface area contributed by atoms with Gasteiger partial charge in [0.1, 0.15) is 5.78 Å². The molecule has 0 aliphatic rings. The molecule has 6 heteroatoms. The Kier molecular flexibility index (Phi) is 5.09. The number of ketones is 1. The first kappa shape index (κ1) is 13.6. The van der Waals surface area contributed by atoms with Gasteiger partial charge in [-0.1, -0.05) is 28.1 Å². The predicted octanol–water partition coefficient (Wildman–Crippen LogP) is 2.50. The van der Waals surface area contributed by atoms with Gasteiger partial charge in [-0.25, -0.2) is 0 Å². The van der Waals surface area contributed by atoms with Gasteiger partial charge in [-0.15, -0.1) is 0 Å². The molecule has 0 spiro atoms. The van der Waals surface area contributed by atoms with Crippen LogP contribution in [-0.4, -0.2) is 22.6 Å². The van der Waals surface area contributed by atoms with Crippen LogP contribution in [0.4, 0.5) is 5.69 Å². The summed E-state index contributed by atoms with van der Waals surface area (Å²) in [4.78, 5) is 21.8. The molecule has 0 saturated heterocycles. The maximum Gasteiger partial charge on any atom is 0.314 e. The fourth-order valence-electron chi connectivity index (χ4n) is 1.45. The molecule has 0 aliphatic carbocycles. The van der Waals surface area contributed by atoms with Crippen LogP contribution in [0.5, 0.6) is 5.75 Å². The summed E-state index contributed by atoms with van der Waals surface area (Å²) in [5.41, 5.74) is 0.258. The number of Topliss-reactive ketones (excluding diaryl/α,β-unsaturated/α-hetero) is 1. The van der Waals surface area contributed by atoms with Crippen LogP contribution >= 0.6 is 15.9 Å². The van der Waals surface area contributed by atoms with E-state index >= 15 is 0 Å². The number of hydrogen-bond acceptors (Lipinski definition) is 4. The van der Waals surface area contributed by atoms with E-state index in [2.05, 4.69) is 15.9 Å². The van der Waals surface area contributed by atoms with E-state index in [1.165, 1.54) is 6.07 Å². The molecule has 17 heavy (non-hydrogen) atoms. The van der Waals surface area contributed by atoms with Crippen LogP contribution in [0, 0.1) is 10.1 Å². The number of rotatable bonds is 6. The Balaban J connectivity index is 3.15. The van der Waals surface area contributed by atoms with E-state index in [-0.39, 0.29) is 29.0 Å². The van der Waals surface area contributed by atoms with Crippen LogP contribution in [-0.2, 0) is 11.2 Å². The first-order chi connectivity index (χ1) is 8.10. The monoisotopic (exact) mass is 301 g/mol. The van der Waals surface area contributed by atoms with E-state index in [1.807, 2.05) is 0 Å². The van der Waals surface area contributed by atoms with Crippen molar-refractivity contribution in [3.05, 3.63) is 33.9 Å². The molecule has 1 aromatic rings. The van der Waals surface area contributed by atoms with Gasteiger partial charge in [-0.2, -0.15) is 0 Å². The molecule has 92 valence electrons. The highest BCUT2D eigenvalue weighted by molar-refractivity contribution is 9.09. The van der Waals surface area contributed by atoms with Gasteiger partial charge in [0, 0.05) is 12.0 Å². The van der Waals surface area contributed by atoms with E-state index < -0.39 is 4.92 Å². The summed E-state index contributed by atoms with van der Waals surface area (Å²) in [5, 5.41) is 11.2. The van der Waals surface area contributed by atoms with Crippen molar-refractivity contribution in [3.8, 4) is 5.75 Å². The van der Waals surface area contributed by atoms with Crippen LogP contribution in [0.25, 0.3) is 0 Å². The second-order valence-electron chi connectivity index (χ2n) is 3.30. The van der Waals surface area contributed by atoms with Crippen molar-refractivity contribution in [2.45, 2.75) is 13.3 Å². The lowest BCUT2D eigenvalue weighted by Gasteiger charge is -2.07. The summed E-state index contributed by atoms with van der Waals surface area (Å²) in [6, 6.07) is 4.75. The average molecular weight is 302 g/mol. The third-order valence-electron chi connectivity index (χ3n) is 2.10. The molecule has 0 aliphatic heterocycles.